The van der Waals surface area contributed by atoms with Crippen LogP contribution in [0.4, 0.5) is 0 Å². The number of nitrogens with zero attached hydrogens (tertiary/aromatic N) is 1. The van der Waals surface area contributed by atoms with E-state index in [-0.39, 0.29) is 0 Å². The van der Waals surface area contributed by atoms with Gasteiger partial charge in [-0.3, -0.25) is 0 Å². The normalized spacial score (nSPS) is 11.0. The monoisotopic (exact) mass is 163 g/mol. The van der Waals surface area contributed by atoms with Crippen LogP contribution in [0.2, 0.25) is 0 Å². The van der Waals surface area contributed by atoms with Gasteiger partial charge in [-0.05, 0) is 25.7 Å². The van der Waals surface area contributed by atoms with E-state index < -0.39 is 0 Å². The zero-order chi connectivity index (χ0) is 9.07. The van der Waals surface area contributed by atoms with E-state index in [0.717, 1.165) is 25.7 Å². The zero-order valence-electron chi connectivity index (χ0n) is 7.79. The molecule has 0 aromatic rings. The quantitative estimate of drug-likeness (QED) is 0.433. The molecule has 0 aliphatic carbocycles. The van der Waals surface area contributed by atoms with Crippen molar-refractivity contribution in [3.8, 4) is 6.07 Å². The molecule has 0 N–H and O–H groups in total. The van der Waals surface area contributed by atoms with E-state index in [4.69, 9.17) is 5.26 Å². The third kappa shape index (κ3) is 8.97. The zero-order valence-corrected chi connectivity index (χ0v) is 7.79. The van der Waals surface area contributed by atoms with Crippen LogP contribution in [-0.2, 0) is 0 Å². The Morgan fingerprint density at radius 3 is 2.17 bits per heavy atom. The van der Waals surface area contributed by atoms with Crippen molar-refractivity contribution >= 4 is 0 Å². The first-order valence-electron chi connectivity index (χ1n) is 4.58. The van der Waals surface area contributed by atoms with Gasteiger partial charge in [-0.1, -0.05) is 31.2 Å². The van der Waals surface area contributed by atoms with Crippen molar-refractivity contribution in [3.05, 3.63) is 24.3 Å². The van der Waals surface area contributed by atoms with E-state index in [2.05, 4.69) is 37.3 Å². The smallest absolute Gasteiger partial charge is 0.0624 e. The lowest BCUT2D eigenvalue weighted by molar-refractivity contribution is 1.00. The Balaban J connectivity index is 3.14. The van der Waals surface area contributed by atoms with Crippen molar-refractivity contribution in [2.24, 2.45) is 0 Å². The van der Waals surface area contributed by atoms with Crippen molar-refractivity contribution in [2.45, 2.75) is 39.0 Å². The van der Waals surface area contributed by atoms with Crippen molar-refractivity contribution in [1.29, 1.82) is 5.26 Å². The van der Waals surface area contributed by atoms with Gasteiger partial charge in [0.1, 0.15) is 0 Å². The third-order valence-electron chi connectivity index (χ3n) is 1.49. The van der Waals surface area contributed by atoms with E-state index in [9.17, 15) is 0 Å². The summed E-state index contributed by atoms with van der Waals surface area (Å²) in [4.78, 5) is 0. The first-order valence-corrected chi connectivity index (χ1v) is 4.58. The fourth-order valence-corrected chi connectivity index (χ4v) is 0.861. The molecule has 12 heavy (non-hydrogen) atoms. The Hall–Kier alpha value is -1.03. The molecule has 0 heterocycles. The van der Waals surface area contributed by atoms with Crippen LogP contribution >= 0.6 is 0 Å². The van der Waals surface area contributed by atoms with Gasteiger partial charge < -0.3 is 0 Å². The molecule has 0 bridgehead atoms. The van der Waals surface area contributed by atoms with Crippen LogP contribution in [-0.4, -0.2) is 0 Å². The lowest BCUT2D eigenvalue weighted by Crippen LogP contribution is -1.67. The summed E-state index contributed by atoms with van der Waals surface area (Å²) in [5, 5.41) is 8.24. The summed E-state index contributed by atoms with van der Waals surface area (Å²) in [7, 11) is 0. The maximum absolute atomic E-state index is 8.24. The SMILES string of the molecule is CC/C=C\CCC=CCCC#N. The van der Waals surface area contributed by atoms with Gasteiger partial charge >= 0.3 is 0 Å². The maximum atomic E-state index is 8.24. The highest BCUT2D eigenvalue weighted by molar-refractivity contribution is 4.89. The van der Waals surface area contributed by atoms with Crippen LogP contribution in [0.15, 0.2) is 24.3 Å². The molecule has 0 aliphatic heterocycles. The van der Waals surface area contributed by atoms with Crippen molar-refractivity contribution in [2.75, 3.05) is 0 Å². The average Bonchev–Trinajstić information content (AvgIpc) is 2.10. The molecular weight excluding hydrogens is 146 g/mol. The van der Waals surface area contributed by atoms with E-state index >= 15 is 0 Å². The van der Waals surface area contributed by atoms with Gasteiger partial charge in [0.15, 0.2) is 0 Å². The van der Waals surface area contributed by atoms with Gasteiger partial charge in [-0.25, -0.2) is 0 Å². The summed E-state index contributed by atoms with van der Waals surface area (Å²) in [6, 6.07) is 2.11. The summed E-state index contributed by atoms with van der Waals surface area (Å²) >= 11 is 0. The highest BCUT2D eigenvalue weighted by Crippen LogP contribution is 1.96. The standard InChI is InChI=1S/C11H17N/c1-2-3-4-5-6-7-8-9-10-11-12/h3-4,7-8H,2,5-6,9-10H2,1H3/b4-3-,8-7?. The molecule has 0 saturated heterocycles. The summed E-state index contributed by atoms with van der Waals surface area (Å²) < 4.78 is 0. The number of unbranched alkanes of at least 4 members (excludes halogenated alkanes) is 2. The van der Waals surface area contributed by atoms with E-state index in [1.807, 2.05) is 0 Å². The van der Waals surface area contributed by atoms with Crippen LogP contribution in [0.5, 0.6) is 0 Å². The molecule has 0 saturated carbocycles. The van der Waals surface area contributed by atoms with E-state index in [0.29, 0.717) is 6.42 Å². The number of hydrogen-bond acceptors (Lipinski definition) is 1. The van der Waals surface area contributed by atoms with E-state index in [1.165, 1.54) is 0 Å². The highest BCUT2D eigenvalue weighted by Gasteiger charge is 1.78. The predicted octanol–water partition coefficient (Wildman–Crippen LogP) is 3.59. The van der Waals surface area contributed by atoms with Crippen LogP contribution in [0.25, 0.3) is 0 Å². The molecule has 0 spiro atoms. The van der Waals surface area contributed by atoms with Gasteiger partial charge in [0.05, 0.1) is 6.07 Å². The van der Waals surface area contributed by atoms with Crippen molar-refractivity contribution in [3.63, 3.8) is 0 Å². The lowest BCUT2D eigenvalue weighted by Gasteiger charge is -1.86. The minimum atomic E-state index is 0.640. The number of nitriles is 1. The minimum Gasteiger partial charge on any atom is -0.198 e. The number of hydrogen-bond donors (Lipinski definition) is 0. The average molecular weight is 163 g/mol. The molecule has 0 aromatic heterocycles. The second-order valence-electron chi connectivity index (χ2n) is 2.63. The van der Waals surface area contributed by atoms with E-state index in [1.54, 1.807) is 0 Å². The summed E-state index contributed by atoms with van der Waals surface area (Å²) in [5.74, 6) is 0. The Morgan fingerprint density at radius 1 is 1.00 bits per heavy atom. The second-order valence-corrected chi connectivity index (χ2v) is 2.63. The lowest BCUT2D eigenvalue weighted by atomic mass is 10.2. The Bertz CT molecular complexity index is 172. The second kappa shape index (κ2) is 9.97. The highest BCUT2D eigenvalue weighted by atomic mass is 14.2. The largest absolute Gasteiger partial charge is 0.198 e. The van der Waals surface area contributed by atoms with Gasteiger partial charge in [0.2, 0.25) is 0 Å². The molecule has 0 unspecified atom stereocenters. The molecule has 0 radical (unpaired) electrons. The molecule has 1 nitrogen and oxygen atoms in total. The summed E-state index contributed by atoms with van der Waals surface area (Å²) in [5.41, 5.74) is 0. The fourth-order valence-electron chi connectivity index (χ4n) is 0.861. The van der Waals surface area contributed by atoms with Gasteiger partial charge in [0.25, 0.3) is 0 Å². The molecule has 0 aliphatic rings. The minimum absolute atomic E-state index is 0.640. The van der Waals surface area contributed by atoms with Crippen LogP contribution in [0, 0.1) is 11.3 Å². The molecule has 1 heteroatoms. The topological polar surface area (TPSA) is 23.8 Å². The molecule has 0 rings (SSSR count). The molecule has 0 fully saturated rings. The predicted molar refractivity (Wildman–Crippen MR) is 52.7 cm³/mol. The van der Waals surface area contributed by atoms with Crippen molar-refractivity contribution in [1.82, 2.24) is 0 Å². The maximum Gasteiger partial charge on any atom is 0.0624 e. The number of allylic oxidation sites excluding steroid dienone is 4. The summed E-state index contributed by atoms with van der Waals surface area (Å²) in [6.45, 7) is 2.14. The Kier molecular flexibility index (Phi) is 9.11. The van der Waals surface area contributed by atoms with Crippen LogP contribution < -0.4 is 0 Å². The third-order valence-corrected chi connectivity index (χ3v) is 1.49. The molecule has 0 aromatic carbocycles. The first-order chi connectivity index (χ1) is 5.91. The number of rotatable bonds is 6. The molecule has 0 amide bonds. The fraction of sp³-hybridized carbons (Fsp3) is 0.545. The molecule has 66 valence electrons. The van der Waals surface area contributed by atoms with Crippen LogP contribution in [0.1, 0.15) is 39.0 Å². The molecule has 0 atom stereocenters. The molecular formula is C11H17N. The summed E-state index contributed by atoms with van der Waals surface area (Å²) in [6.07, 6.45) is 13.5. The van der Waals surface area contributed by atoms with Gasteiger partial charge in [0, 0.05) is 6.42 Å². The van der Waals surface area contributed by atoms with Gasteiger partial charge in [-0.15, -0.1) is 0 Å². The Labute approximate surface area is 75.4 Å². The van der Waals surface area contributed by atoms with Crippen molar-refractivity contribution < 1.29 is 0 Å². The Morgan fingerprint density at radius 2 is 1.58 bits per heavy atom. The van der Waals surface area contributed by atoms with Gasteiger partial charge in [-0.2, -0.15) is 5.26 Å². The first kappa shape index (κ1) is 11.0. The van der Waals surface area contributed by atoms with Crippen LogP contribution in [0.3, 0.4) is 0 Å².